The smallest absolute Gasteiger partial charge is 0.0503 e. The third-order valence-electron chi connectivity index (χ3n) is 11.0. The van der Waals surface area contributed by atoms with E-state index in [2.05, 4.69) is 114 Å². The predicted molar refractivity (Wildman–Crippen MR) is 185 cm³/mol. The van der Waals surface area contributed by atoms with E-state index in [1.54, 1.807) is 11.1 Å². The first-order valence-electron chi connectivity index (χ1n) is 17.9. The minimum absolute atomic E-state index is 0.320. The van der Waals surface area contributed by atoms with Crippen molar-refractivity contribution in [2.75, 3.05) is 13.2 Å². The molecule has 2 aromatic carbocycles. The molecule has 2 heteroatoms. The maximum Gasteiger partial charge on any atom is 0.0503 e. The van der Waals surface area contributed by atoms with Gasteiger partial charge in [0.05, 0.1) is 6.61 Å². The molecular formula is C41H63NO. The molecule has 2 nitrogen and oxygen atoms in total. The van der Waals surface area contributed by atoms with E-state index in [4.69, 9.17) is 4.74 Å². The first-order chi connectivity index (χ1) is 20.8. The molecule has 2 aliphatic rings. The summed E-state index contributed by atoms with van der Waals surface area (Å²) < 4.78 is 6.18. The molecule has 0 aromatic heterocycles. The Hall–Kier alpha value is -1.90. The molecule has 2 fully saturated rings. The number of hydrogen-bond donors (Lipinski definition) is 1. The fourth-order valence-electron chi connectivity index (χ4n) is 8.73. The molecule has 0 saturated heterocycles. The highest BCUT2D eigenvalue weighted by Gasteiger charge is 2.41. The molecule has 7 unspecified atom stereocenters. The maximum absolute atomic E-state index is 6.18. The highest BCUT2D eigenvalue weighted by molar-refractivity contribution is 5.31. The molecule has 0 amide bonds. The molecule has 0 radical (unpaired) electrons. The SMILES string of the molecule is CCOCCC(=C(C(Cc1ccccc1)NCc1ccccc1)C1CC(C)CCC1C(C)C)C1CC(C)CCC1C(C)C. The van der Waals surface area contributed by atoms with Crippen molar-refractivity contribution in [2.24, 2.45) is 47.3 Å². The maximum atomic E-state index is 6.18. The molecule has 4 rings (SSSR count). The summed E-state index contributed by atoms with van der Waals surface area (Å²) in [5.41, 5.74) is 6.39. The molecule has 1 N–H and O–H groups in total. The average molecular weight is 586 g/mol. The second kappa shape index (κ2) is 17.0. The summed E-state index contributed by atoms with van der Waals surface area (Å²) >= 11 is 0. The van der Waals surface area contributed by atoms with E-state index >= 15 is 0 Å². The Morgan fingerprint density at radius 2 is 1.28 bits per heavy atom. The lowest BCUT2D eigenvalue weighted by Gasteiger charge is -2.46. The molecule has 0 bridgehead atoms. The van der Waals surface area contributed by atoms with E-state index in [1.165, 1.54) is 49.7 Å². The van der Waals surface area contributed by atoms with Gasteiger partial charge in [-0.05, 0) is 109 Å². The summed E-state index contributed by atoms with van der Waals surface area (Å²) in [4.78, 5) is 0. The molecule has 2 saturated carbocycles. The van der Waals surface area contributed by atoms with Crippen LogP contribution in [0.2, 0.25) is 0 Å². The molecule has 238 valence electrons. The van der Waals surface area contributed by atoms with Crippen LogP contribution in [-0.2, 0) is 17.7 Å². The summed E-state index contributed by atoms with van der Waals surface area (Å²) in [5.74, 6) is 5.75. The van der Waals surface area contributed by atoms with E-state index in [0.29, 0.717) is 29.7 Å². The van der Waals surface area contributed by atoms with Crippen molar-refractivity contribution in [3.8, 4) is 0 Å². The van der Waals surface area contributed by atoms with Crippen LogP contribution in [-0.4, -0.2) is 19.3 Å². The van der Waals surface area contributed by atoms with Crippen LogP contribution in [0.15, 0.2) is 71.8 Å². The third kappa shape index (κ3) is 9.54. The Balaban J connectivity index is 1.91. The van der Waals surface area contributed by atoms with Crippen LogP contribution in [0.4, 0.5) is 0 Å². The van der Waals surface area contributed by atoms with Gasteiger partial charge in [0.1, 0.15) is 0 Å². The fourth-order valence-corrected chi connectivity index (χ4v) is 8.73. The second-order valence-electron chi connectivity index (χ2n) is 14.9. The largest absolute Gasteiger partial charge is 0.381 e. The lowest BCUT2D eigenvalue weighted by molar-refractivity contribution is 0.126. The predicted octanol–water partition coefficient (Wildman–Crippen LogP) is 10.5. The second-order valence-corrected chi connectivity index (χ2v) is 14.9. The Morgan fingerprint density at radius 3 is 1.84 bits per heavy atom. The van der Waals surface area contributed by atoms with Crippen LogP contribution < -0.4 is 5.32 Å². The minimum Gasteiger partial charge on any atom is -0.381 e. The first-order valence-corrected chi connectivity index (χ1v) is 17.9. The van der Waals surface area contributed by atoms with Crippen LogP contribution in [0.25, 0.3) is 0 Å². The highest BCUT2D eigenvalue weighted by Crippen LogP contribution is 2.49. The quantitative estimate of drug-likeness (QED) is 0.176. The molecule has 7 atom stereocenters. The van der Waals surface area contributed by atoms with Crippen molar-refractivity contribution in [1.29, 1.82) is 0 Å². The fraction of sp³-hybridized carbons (Fsp3) is 0.659. The number of nitrogens with one attached hydrogen (secondary N) is 1. The minimum atomic E-state index is 0.320. The van der Waals surface area contributed by atoms with Gasteiger partial charge in [0, 0.05) is 19.2 Å². The third-order valence-corrected chi connectivity index (χ3v) is 11.0. The molecular weight excluding hydrogens is 522 g/mol. The Bertz CT molecular complexity index is 1090. The lowest BCUT2D eigenvalue weighted by Crippen LogP contribution is -2.42. The molecule has 0 heterocycles. The summed E-state index contributed by atoms with van der Waals surface area (Å²) in [6.45, 7) is 19.7. The van der Waals surface area contributed by atoms with E-state index in [9.17, 15) is 0 Å². The summed E-state index contributed by atoms with van der Waals surface area (Å²) in [6, 6.07) is 22.7. The zero-order chi connectivity index (χ0) is 30.8. The molecule has 2 aliphatic carbocycles. The van der Waals surface area contributed by atoms with E-state index in [1.807, 2.05) is 0 Å². The van der Waals surface area contributed by atoms with Crippen molar-refractivity contribution < 1.29 is 4.74 Å². The molecule has 43 heavy (non-hydrogen) atoms. The van der Waals surface area contributed by atoms with Crippen LogP contribution in [0.5, 0.6) is 0 Å². The van der Waals surface area contributed by atoms with Gasteiger partial charge in [-0.2, -0.15) is 0 Å². The van der Waals surface area contributed by atoms with Gasteiger partial charge in [0.15, 0.2) is 0 Å². The van der Waals surface area contributed by atoms with Gasteiger partial charge < -0.3 is 10.1 Å². The van der Waals surface area contributed by atoms with Crippen molar-refractivity contribution in [2.45, 2.75) is 112 Å². The van der Waals surface area contributed by atoms with Gasteiger partial charge >= 0.3 is 0 Å². The van der Waals surface area contributed by atoms with Gasteiger partial charge in [0.2, 0.25) is 0 Å². The van der Waals surface area contributed by atoms with Crippen LogP contribution in [0, 0.1) is 47.3 Å². The van der Waals surface area contributed by atoms with Crippen LogP contribution in [0.3, 0.4) is 0 Å². The van der Waals surface area contributed by atoms with Gasteiger partial charge in [-0.15, -0.1) is 0 Å². The van der Waals surface area contributed by atoms with Gasteiger partial charge in [-0.25, -0.2) is 0 Å². The van der Waals surface area contributed by atoms with Crippen molar-refractivity contribution in [1.82, 2.24) is 5.32 Å². The topological polar surface area (TPSA) is 21.3 Å². The molecule has 0 spiro atoms. The molecule has 2 aromatic rings. The van der Waals surface area contributed by atoms with E-state index in [-0.39, 0.29) is 0 Å². The van der Waals surface area contributed by atoms with E-state index in [0.717, 1.165) is 56.3 Å². The van der Waals surface area contributed by atoms with Crippen molar-refractivity contribution in [3.05, 3.63) is 82.9 Å². The van der Waals surface area contributed by atoms with Gasteiger partial charge in [-0.1, -0.05) is 121 Å². The number of ether oxygens (including phenoxy) is 1. The summed E-state index contributed by atoms with van der Waals surface area (Å²) in [7, 11) is 0. The standard InChI is InChI=1S/C41H63NO/c1-8-43-24-23-37(38-25-31(6)19-21-35(38)29(2)3)41(39-26-32(7)20-22-36(39)30(4)5)40(27-33-15-11-9-12-16-33)42-28-34-17-13-10-14-18-34/h9-18,29-32,35-36,38-40,42H,8,19-28H2,1-7H3. The van der Waals surface area contributed by atoms with Crippen LogP contribution >= 0.6 is 0 Å². The molecule has 0 aliphatic heterocycles. The first kappa shape index (κ1) is 34.0. The Kier molecular flexibility index (Phi) is 13.4. The van der Waals surface area contributed by atoms with Crippen LogP contribution in [0.1, 0.15) is 105 Å². The van der Waals surface area contributed by atoms with Crippen molar-refractivity contribution in [3.63, 3.8) is 0 Å². The van der Waals surface area contributed by atoms with E-state index < -0.39 is 0 Å². The number of benzene rings is 2. The van der Waals surface area contributed by atoms with Gasteiger partial charge in [-0.3, -0.25) is 0 Å². The lowest BCUT2D eigenvalue weighted by atomic mass is 9.60. The summed E-state index contributed by atoms with van der Waals surface area (Å²) in [5, 5.41) is 4.22. The highest BCUT2D eigenvalue weighted by atomic mass is 16.5. The van der Waals surface area contributed by atoms with Gasteiger partial charge in [0.25, 0.3) is 0 Å². The van der Waals surface area contributed by atoms with Crippen molar-refractivity contribution >= 4 is 0 Å². The summed E-state index contributed by atoms with van der Waals surface area (Å²) in [6.07, 6.45) is 10.3. The number of hydrogen-bond acceptors (Lipinski definition) is 2. The zero-order valence-electron chi connectivity index (χ0n) is 28.7. The Morgan fingerprint density at radius 1 is 0.744 bits per heavy atom. The average Bonchev–Trinajstić information content (AvgIpc) is 3.00. The normalized spacial score (nSPS) is 27.7. The monoisotopic (exact) mass is 585 g/mol. The Labute approximate surface area is 265 Å². The zero-order valence-corrected chi connectivity index (χ0v) is 28.7. The number of rotatable bonds is 14.